The maximum absolute atomic E-state index is 4.91. The van der Waals surface area contributed by atoms with Crippen molar-refractivity contribution in [2.75, 3.05) is 0 Å². The maximum Gasteiger partial charge on any atom is 0.163 e. The summed E-state index contributed by atoms with van der Waals surface area (Å²) in [5, 5.41) is 0. The van der Waals surface area contributed by atoms with E-state index < -0.39 is 5.41 Å². The van der Waals surface area contributed by atoms with E-state index in [9.17, 15) is 0 Å². The van der Waals surface area contributed by atoms with Crippen molar-refractivity contribution >= 4 is 0 Å². The van der Waals surface area contributed by atoms with Crippen LogP contribution in [0.1, 0.15) is 22.3 Å². The van der Waals surface area contributed by atoms with Gasteiger partial charge in [0.1, 0.15) is 12.7 Å². The maximum atomic E-state index is 4.91. The Morgan fingerprint density at radius 3 is 1.14 bits per heavy atom. The predicted octanol–water partition coefficient (Wildman–Crippen LogP) is 9.09. The Kier molecular flexibility index (Phi) is 6.91. The molecule has 0 spiro atoms. The second kappa shape index (κ2) is 11.9. The van der Waals surface area contributed by atoms with Gasteiger partial charge in [0.2, 0.25) is 0 Å². The third-order valence-corrected chi connectivity index (χ3v) is 9.27. The van der Waals surface area contributed by atoms with Gasteiger partial charge in [-0.2, -0.15) is 0 Å². The lowest BCUT2D eigenvalue weighted by molar-refractivity contribution is 0.768. The van der Waals surface area contributed by atoms with E-state index in [2.05, 4.69) is 117 Å². The highest BCUT2D eigenvalue weighted by Crippen LogP contribution is 2.56. The Morgan fingerprint density at radius 1 is 0.327 bits per heavy atom. The van der Waals surface area contributed by atoms with Gasteiger partial charge >= 0.3 is 0 Å². The molecule has 230 valence electrons. The van der Waals surface area contributed by atoms with E-state index in [0.717, 1.165) is 33.4 Å². The SMILES string of the molecule is c1ccc(-c2ncnc(-c3cccc(C4(c5cccc(-c6ncnc(-c7ccccc7)n6)c5)c5ccccc5-c5ccccc54)c3)n2)cc1. The molecule has 2 aromatic heterocycles. The summed E-state index contributed by atoms with van der Waals surface area (Å²) in [5.41, 5.74) is 10.2. The molecular formula is C43H28N6. The van der Waals surface area contributed by atoms with E-state index in [1.54, 1.807) is 12.7 Å². The Bertz CT molecular complexity index is 2290. The molecular weight excluding hydrogens is 601 g/mol. The fraction of sp³-hybridized carbons (Fsp3) is 0.0233. The largest absolute Gasteiger partial charge is 0.217 e. The first-order chi connectivity index (χ1) is 24.3. The van der Waals surface area contributed by atoms with Crippen LogP contribution in [0, 0.1) is 0 Å². The summed E-state index contributed by atoms with van der Waals surface area (Å²) in [6.07, 6.45) is 3.18. The Morgan fingerprint density at radius 2 is 0.694 bits per heavy atom. The van der Waals surface area contributed by atoms with Gasteiger partial charge in [0, 0.05) is 22.3 Å². The van der Waals surface area contributed by atoms with Gasteiger partial charge in [0.05, 0.1) is 5.41 Å². The van der Waals surface area contributed by atoms with Crippen LogP contribution in [-0.2, 0) is 5.41 Å². The molecule has 0 atom stereocenters. The zero-order valence-corrected chi connectivity index (χ0v) is 26.3. The molecule has 6 nitrogen and oxygen atoms in total. The summed E-state index contributed by atoms with van der Waals surface area (Å²) in [6.45, 7) is 0. The summed E-state index contributed by atoms with van der Waals surface area (Å²) >= 11 is 0. The van der Waals surface area contributed by atoms with Gasteiger partial charge in [0.25, 0.3) is 0 Å². The molecule has 2 heterocycles. The number of rotatable bonds is 6. The number of hydrogen-bond acceptors (Lipinski definition) is 6. The molecule has 0 fully saturated rings. The van der Waals surface area contributed by atoms with E-state index in [1.165, 1.54) is 22.3 Å². The second-order valence-corrected chi connectivity index (χ2v) is 12.0. The van der Waals surface area contributed by atoms with Crippen molar-refractivity contribution in [2.45, 2.75) is 5.41 Å². The van der Waals surface area contributed by atoms with E-state index in [-0.39, 0.29) is 0 Å². The van der Waals surface area contributed by atoms with Gasteiger partial charge in [-0.25, -0.2) is 29.9 Å². The van der Waals surface area contributed by atoms with Crippen molar-refractivity contribution in [3.63, 3.8) is 0 Å². The van der Waals surface area contributed by atoms with Crippen LogP contribution in [0.4, 0.5) is 0 Å². The van der Waals surface area contributed by atoms with Gasteiger partial charge in [-0.15, -0.1) is 0 Å². The molecule has 0 saturated carbocycles. The van der Waals surface area contributed by atoms with E-state index in [0.29, 0.717) is 23.3 Å². The first-order valence-electron chi connectivity index (χ1n) is 16.2. The fourth-order valence-electron chi connectivity index (χ4n) is 7.13. The average molecular weight is 629 g/mol. The van der Waals surface area contributed by atoms with Gasteiger partial charge in [-0.1, -0.05) is 146 Å². The third kappa shape index (κ3) is 4.81. The molecule has 0 N–H and O–H groups in total. The molecule has 9 rings (SSSR count). The average Bonchev–Trinajstić information content (AvgIpc) is 3.50. The quantitative estimate of drug-likeness (QED) is 0.183. The van der Waals surface area contributed by atoms with Crippen LogP contribution < -0.4 is 0 Å². The normalized spacial score (nSPS) is 12.7. The summed E-state index contributed by atoms with van der Waals surface area (Å²) in [6, 6.07) is 54.7. The molecule has 6 aromatic carbocycles. The standard InChI is InChI=1S/C43H28N6/c1-3-13-29(14-4-1)39-44-27-46-41(48-39)31-17-11-19-33(25-31)43(37-23-9-7-21-35(37)36-22-8-10-24-38(36)43)34-20-12-18-32(26-34)42-47-28-45-40(49-42)30-15-5-2-6-16-30/h1-28H. The van der Waals surface area contributed by atoms with Crippen molar-refractivity contribution in [1.29, 1.82) is 0 Å². The van der Waals surface area contributed by atoms with E-state index in [1.807, 2.05) is 60.7 Å². The number of hydrogen-bond donors (Lipinski definition) is 0. The topological polar surface area (TPSA) is 77.3 Å². The molecule has 6 heteroatoms. The van der Waals surface area contributed by atoms with E-state index >= 15 is 0 Å². The molecule has 8 aromatic rings. The zero-order valence-electron chi connectivity index (χ0n) is 26.3. The molecule has 0 unspecified atom stereocenters. The van der Waals surface area contributed by atoms with Crippen molar-refractivity contribution in [3.05, 3.63) is 193 Å². The molecule has 0 amide bonds. The molecule has 1 aliphatic rings. The van der Waals surface area contributed by atoms with Crippen LogP contribution in [0.2, 0.25) is 0 Å². The summed E-state index contributed by atoms with van der Waals surface area (Å²) in [4.78, 5) is 28.0. The molecule has 0 aliphatic heterocycles. The van der Waals surface area contributed by atoms with Crippen molar-refractivity contribution in [1.82, 2.24) is 29.9 Å². The highest BCUT2D eigenvalue weighted by molar-refractivity contribution is 5.87. The monoisotopic (exact) mass is 628 g/mol. The van der Waals surface area contributed by atoms with Crippen molar-refractivity contribution in [2.24, 2.45) is 0 Å². The van der Waals surface area contributed by atoms with Crippen LogP contribution in [0.25, 0.3) is 56.7 Å². The van der Waals surface area contributed by atoms with Gasteiger partial charge in [0.15, 0.2) is 23.3 Å². The lowest BCUT2D eigenvalue weighted by Gasteiger charge is -2.34. The first-order valence-corrected chi connectivity index (χ1v) is 16.2. The Labute approximate surface area is 284 Å². The molecule has 0 radical (unpaired) electrons. The van der Waals surface area contributed by atoms with Crippen molar-refractivity contribution < 1.29 is 0 Å². The van der Waals surface area contributed by atoms with Gasteiger partial charge < -0.3 is 0 Å². The number of benzene rings is 6. The van der Waals surface area contributed by atoms with Gasteiger partial charge in [-0.05, 0) is 45.5 Å². The predicted molar refractivity (Wildman–Crippen MR) is 192 cm³/mol. The number of nitrogens with zero attached hydrogens (tertiary/aromatic N) is 6. The Balaban J connectivity index is 1.25. The molecule has 0 bridgehead atoms. The third-order valence-electron chi connectivity index (χ3n) is 9.27. The van der Waals surface area contributed by atoms with Crippen molar-refractivity contribution in [3.8, 4) is 56.7 Å². The van der Waals surface area contributed by atoms with Crippen LogP contribution in [0.15, 0.2) is 170 Å². The molecule has 49 heavy (non-hydrogen) atoms. The highest BCUT2D eigenvalue weighted by atomic mass is 15.0. The second-order valence-electron chi connectivity index (χ2n) is 12.0. The van der Waals surface area contributed by atoms with Crippen LogP contribution in [0.3, 0.4) is 0 Å². The molecule has 0 saturated heterocycles. The Hall–Kier alpha value is -6.66. The minimum atomic E-state index is -0.635. The fourth-order valence-corrected chi connectivity index (χ4v) is 7.13. The van der Waals surface area contributed by atoms with E-state index in [4.69, 9.17) is 9.97 Å². The lowest BCUT2D eigenvalue weighted by Crippen LogP contribution is -2.28. The summed E-state index contributed by atoms with van der Waals surface area (Å²) < 4.78 is 0. The number of aromatic nitrogens is 6. The van der Waals surface area contributed by atoms with Crippen LogP contribution >= 0.6 is 0 Å². The lowest BCUT2D eigenvalue weighted by atomic mass is 9.67. The van der Waals surface area contributed by atoms with Crippen LogP contribution in [0.5, 0.6) is 0 Å². The highest BCUT2D eigenvalue weighted by Gasteiger charge is 2.46. The summed E-state index contributed by atoms with van der Waals surface area (Å²) in [5.74, 6) is 2.53. The minimum absolute atomic E-state index is 0.623. The van der Waals surface area contributed by atoms with Gasteiger partial charge in [-0.3, -0.25) is 0 Å². The van der Waals surface area contributed by atoms with Crippen LogP contribution in [-0.4, -0.2) is 29.9 Å². The molecule has 1 aliphatic carbocycles. The number of fused-ring (bicyclic) bond motifs is 3. The summed E-state index contributed by atoms with van der Waals surface area (Å²) in [7, 11) is 0. The minimum Gasteiger partial charge on any atom is -0.217 e. The first kappa shape index (κ1) is 28.6. The smallest absolute Gasteiger partial charge is 0.163 e. The zero-order chi connectivity index (χ0) is 32.6.